The highest BCUT2D eigenvalue weighted by atomic mass is 32.2. The average molecular weight is 332 g/mol. The fourth-order valence-corrected chi connectivity index (χ4v) is 3.20. The maximum absolute atomic E-state index is 11.7. The number of guanidine groups is 1. The van der Waals surface area contributed by atoms with Gasteiger partial charge in [0.15, 0.2) is 15.8 Å². The lowest BCUT2D eigenvalue weighted by Crippen LogP contribution is -2.48. The van der Waals surface area contributed by atoms with E-state index in [0.29, 0.717) is 12.5 Å². The van der Waals surface area contributed by atoms with Crippen LogP contribution in [-0.2, 0) is 9.84 Å². The number of aliphatic imine (C=N–C) groups is 1. The van der Waals surface area contributed by atoms with Crippen LogP contribution in [0.15, 0.2) is 4.99 Å². The summed E-state index contributed by atoms with van der Waals surface area (Å²) >= 11 is 0. The second-order valence-electron chi connectivity index (χ2n) is 7.31. The van der Waals surface area contributed by atoms with Gasteiger partial charge in [-0.25, -0.2) is 8.42 Å². The number of rotatable bonds is 6. The SMILES string of the molecule is CN=C(NCCC1CCCC(C)C1)NCC(C)(C)S(C)(=O)=O. The van der Waals surface area contributed by atoms with Crippen LogP contribution in [0.1, 0.15) is 52.9 Å². The summed E-state index contributed by atoms with van der Waals surface area (Å²) in [5.41, 5.74) is 0. The molecule has 1 aliphatic rings. The normalized spacial score (nSPS) is 24.1. The van der Waals surface area contributed by atoms with Gasteiger partial charge >= 0.3 is 0 Å². The quantitative estimate of drug-likeness (QED) is 0.578. The predicted octanol–water partition coefficient (Wildman–Crippen LogP) is 2.19. The molecule has 1 saturated carbocycles. The lowest BCUT2D eigenvalue weighted by atomic mass is 9.81. The molecule has 0 heterocycles. The van der Waals surface area contributed by atoms with E-state index in [1.54, 1.807) is 20.9 Å². The van der Waals surface area contributed by atoms with Gasteiger partial charge in [0.1, 0.15) is 0 Å². The molecule has 6 heteroatoms. The van der Waals surface area contributed by atoms with Crippen molar-refractivity contribution in [3.05, 3.63) is 0 Å². The molecule has 0 aromatic rings. The number of sulfone groups is 1. The minimum Gasteiger partial charge on any atom is -0.356 e. The third-order valence-electron chi connectivity index (χ3n) is 4.80. The van der Waals surface area contributed by atoms with E-state index in [2.05, 4.69) is 22.5 Å². The highest BCUT2D eigenvalue weighted by molar-refractivity contribution is 7.92. The topological polar surface area (TPSA) is 70.6 Å². The Morgan fingerprint density at radius 1 is 1.27 bits per heavy atom. The third kappa shape index (κ3) is 6.15. The standard InChI is InChI=1S/C16H33N3O2S/c1-13-7-6-8-14(11-13)9-10-18-15(17-4)19-12-16(2,3)22(5,20)21/h13-14H,6-12H2,1-5H3,(H2,17,18,19). The van der Waals surface area contributed by atoms with E-state index in [1.807, 2.05) is 0 Å². The number of nitrogens with one attached hydrogen (secondary N) is 2. The van der Waals surface area contributed by atoms with Crippen molar-refractivity contribution in [2.75, 3.05) is 26.4 Å². The third-order valence-corrected chi connectivity index (χ3v) is 6.95. The lowest BCUT2D eigenvalue weighted by Gasteiger charge is -2.27. The molecule has 2 unspecified atom stereocenters. The molecular formula is C16H33N3O2S. The zero-order valence-corrected chi connectivity index (χ0v) is 15.6. The molecule has 1 fully saturated rings. The monoisotopic (exact) mass is 331 g/mol. The summed E-state index contributed by atoms with van der Waals surface area (Å²) in [6, 6.07) is 0. The van der Waals surface area contributed by atoms with Crippen LogP contribution in [0.2, 0.25) is 0 Å². The lowest BCUT2D eigenvalue weighted by molar-refractivity contribution is 0.270. The first-order chi connectivity index (χ1) is 10.2. The van der Waals surface area contributed by atoms with E-state index in [1.165, 1.54) is 31.9 Å². The molecule has 130 valence electrons. The molecule has 1 aliphatic carbocycles. The molecule has 0 spiro atoms. The Balaban J connectivity index is 2.34. The van der Waals surface area contributed by atoms with Crippen LogP contribution in [0.3, 0.4) is 0 Å². The Morgan fingerprint density at radius 2 is 1.95 bits per heavy atom. The van der Waals surface area contributed by atoms with E-state index in [9.17, 15) is 8.42 Å². The van der Waals surface area contributed by atoms with Crippen molar-refractivity contribution in [2.24, 2.45) is 16.8 Å². The first-order valence-corrected chi connectivity index (χ1v) is 10.2. The molecule has 0 aliphatic heterocycles. The van der Waals surface area contributed by atoms with E-state index in [4.69, 9.17) is 0 Å². The van der Waals surface area contributed by atoms with Gasteiger partial charge in [0.05, 0.1) is 4.75 Å². The second-order valence-corrected chi connectivity index (χ2v) is 9.96. The van der Waals surface area contributed by atoms with E-state index >= 15 is 0 Å². The van der Waals surface area contributed by atoms with Gasteiger partial charge < -0.3 is 10.6 Å². The summed E-state index contributed by atoms with van der Waals surface area (Å²) in [5.74, 6) is 2.34. The van der Waals surface area contributed by atoms with Crippen molar-refractivity contribution < 1.29 is 8.42 Å². The maximum atomic E-state index is 11.7. The summed E-state index contributed by atoms with van der Waals surface area (Å²) in [6.45, 7) is 7.04. The molecule has 1 rings (SSSR count). The first kappa shape index (κ1) is 19.3. The zero-order chi connectivity index (χ0) is 16.8. The van der Waals surface area contributed by atoms with Crippen LogP contribution in [0.25, 0.3) is 0 Å². The smallest absolute Gasteiger partial charge is 0.191 e. The van der Waals surface area contributed by atoms with Crippen molar-refractivity contribution in [1.29, 1.82) is 0 Å². The first-order valence-electron chi connectivity index (χ1n) is 8.30. The molecule has 0 amide bonds. The minimum atomic E-state index is -3.10. The Hall–Kier alpha value is -0.780. The summed E-state index contributed by atoms with van der Waals surface area (Å²) in [6.07, 6.45) is 7.80. The molecular weight excluding hydrogens is 298 g/mol. The van der Waals surface area contributed by atoms with E-state index in [0.717, 1.165) is 24.8 Å². The van der Waals surface area contributed by atoms with Crippen molar-refractivity contribution in [3.63, 3.8) is 0 Å². The molecule has 0 aromatic heterocycles. The summed E-state index contributed by atoms with van der Waals surface area (Å²) in [4.78, 5) is 4.17. The van der Waals surface area contributed by atoms with Gasteiger partial charge in [-0.3, -0.25) is 4.99 Å². The highest BCUT2D eigenvalue weighted by Gasteiger charge is 2.30. The molecule has 2 N–H and O–H groups in total. The van der Waals surface area contributed by atoms with Crippen molar-refractivity contribution in [3.8, 4) is 0 Å². The maximum Gasteiger partial charge on any atom is 0.191 e. The largest absolute Gasteiger partial charge is 0.356 e. The molecule has 0 saturated heterocycles. The van der Waals surface area contributed by atoms with Crippen molar-refractivity contribution >= 4 is 15.8 Å². The molecule has 22 heavy (non-hydrogen) atoms. The van der Waals surface area contributed by atoms with Crippen LogP contribution >= 0.6 is 0 Å². The molecule has 5 nitrogen and oxygen atoms in total. The van der Waals surface area contributed by atoms with Gasteiger partial charge in [-0.15, -0.1) is 0 Å². The number of nitrogens with zero attached hydrogens (tertiary/aromatic N) is 1. The average Bonchev–Trinajstić information content (AvgIpc) is 2.41. The molecule has 0 bridgehead atoms. The van der Waals surface area contributed by atoms with E-state index < -0.39 is 14.6 Å². The molecule has 0 radical (unpaired) electrons. The van der Waals surface area contributed by atoms with Gasteiger partial charge in [0.2, 0.25) is 0 Å². The van der Waals surface area contributed by atoms with Crippen molar-refractivity contribution in [1.82, 2.24) is 10.6 Å². The van der Waals surface area contributed by atoms with Gasteiger partial charge in [-0.05, 0) is 38.5 Å². The van der Waals surface area contributed by atoms with Crippen LogP contribution < -0.4 is 10.6 Å². The Labute approximate surface area is 136 Å². The van der Waals surface area contributed by atoms with Crippen LogP contribution in [-0.4, -0.2) is 45.5 Å². The summed E-state index contributed by atoms with van der Waals surface area (Å²) in [5, 5.41) is 6.42. The summed E-state index contributed by atoms with van der Waals surface area (Å²) in [7, 11) is -1.38. The Kier molecular flexibility index (Phi) is 7.16. The second kappa shape index (κ2) is 8.18. The van der Waals surface area contributed by atoms with Gasteiger partial charge in [-0.1, -0.05) is 26.2 Å². The molecule has 0 aromatic carbocycles. The van der Waals surface area contributed by atoms with E-state index in [-0.39, 0.29) is 0 Å². The van der Waals surface area contributed by atoms with Crippen LogP contribution in [0, 0.1) is 11.8 Å². The fourth-order valence-electron chi connectivity index (χ4n) is 2.86. The Morgan fingerprint density at radius 3 is 2.50 bits per heavy atom. The fraction of sp³-hybridized carbons (Fsp3) is 0.938. The summed E-state index contributed by atoms with van der Waals surface area (Å²) < 4.78 is 22.6. The zero-order valence-electron chi connectivity index (χ0n) is 14.8. The minimum absolute atomic E-state index is 0.353. The van der Waals surface area contributed by atoms with Gasteiger partial charge in [0.25, 0.3) is 0 Å². The van der Waals surface area contributed by atoms with Gasteiger partial charge in [-0.2, -0.15) is 0 Å². The number of hydrogen-bond donors (Lipinski definition) is 2. The Bertz CT molecular complexity index is 472. The van der Waals surface area contributed by atoms with Crippen LogP contribution in [0.5, 0.6) is 0 Å². The van der Waals surface area contributed by atoms with Crippen LogP contribution in [0.4, 0.5) is 0 Å². The van der Waals surface area contributed by atoms with Crippen molar-refractivity contribution in [2.45, 2.75) is 57.6 Å². The predicted molar refractivity (Wildman–Crippen MR) is 94.0 cm³/mol. The highest BCUT2D eigenvalue weighted by Crippen LogP contribution is 2.30. The number of hydrogen-bond acceptors (Lipinski definition) is 3. The van der Waals surface area contributed by atoms with Gasteiger partial charge in [0, 0.05) is 26.4 Å². The molecule has 2 atom stereocenters.